The molecule has 3 rings (SSSR count). The predicted octanol–water partition coefficient (Wildman–Crippen LogP) is 3.98. The van der Waals surface area contributed by atoms with Crippen LogP contribution in [0.15, 0.2) is 48.5 Å². The van der Waals surface area contributed by atoms with Crippen LogP contribution in [0.1, 0.15) is 40.7 Å². The molecule has 2 aromatic rings. The SMILES string of the molecule is Cc1cccc(CSCCCNC(=O)c2ccc(N3CCCCS3(=O)=O)cc2)c1. The van der Waals surface area contributed by atoms with Crippen molar-refractivity contribution in [2.45, 2.75) is 31.9 Å². The topological polar surface area (TPSA) is 66.5 Å². The molecule has 1 fully saturated rings. The number of anilines is 1. The van der Waals surface area contributed by atoms with Crippen molar-refractivity contribution in [2.24, 2.45) is 0 Å². The van der Waals surface area contributed by atoms with Gasteiger partial charge in [-0.15, -0.1) is 0 Å². The van der Waals surface area contributed by atoms with Crippen molar-refractivity contribution in [3.05, 3.63) is 65.2 Å². The molecule has 29 heavy (non-hydrogen) atoms. The highest BCUT2D eigenvalue weighted by Gasteiger charge is 2.25. The lowest BCUT2D eigenvalue weighted by atomic mass is 10.2. The lowest BCUT2D eigenvalue weighted by Crippen LogP contribution is -2.37. The largest absolute Gasteiger partial charge is 0.352 e. The number of hydrogen-bond donors (Lipinski definition) is 1. The highest BCUT2D eigenvalue weighted by molar-refractivity contribution is 7.98. The summed E-state index contributed by atoms with van der Waals surface area (Å²) in [5, 5.41) is 2.94. The molecule has 1 amide bonds. The summed E-state index contributed by atoms with van der Waals surface area (Å²) >= 11 is 1.87. The Kier molecular flexibility index (Phi) is 7.61. The minimum Gasteiger partial charge on any atom is -0.352 e. The van der Waals surface area contributed by atoms with Crippen molar-refractivity contribution in [2.75, 3.05) is 28.9 Å². The molecule has 0 atom stereocenters. The predicted molar refractivity (Wildman–Crippen MR) is 121 cm³/mol. The third-order valence-corrected chi connectivity index (χ3v) is 7.85. The Balaban J connectivity index is 1.40. The van der Waals surface area contributed by atoms with E-state index >= 15 is 0 Å². The van der Waals surface area contributed by atoms with E-state index < -0.39 is 10.0 Å². The number of aryl methyl sites for hydroxylation is 1. The molecule has 1 aliphatic rings. The summed E-state index contributed by atoms with van der Waals surface area (Å²) in [4.78, 5) is 12.3. The molecule has 7 heteroatoms. The number of thioether (sulfide) groups is 1. The molecule has 1 heterocycles. The first kappa shape index (κ1) is 21.7. The number of sulfonamides is 1. The van der Waals surface area contributed by atoms with Gasteiger partial charge in [-0.25, -0.2) is 8.42 Å². The normalized spacial score (nSPS) is 15.8. The third kappa shape index (κ3) is 6.24. The first-order valence-electron chi connectivity index (χ1n) is 9.98. The summed E-state index contributed by atoms with van der Waals surface area (Å²) < 4.78 is 25.8. The molecule has 2 aromatic carbocycles. The van der Waals surface area contributed by atoms with Crippen molar-refractivity contribution < 1.29 is 13.2 Å². The van der Waals surface area contributed by atoms with Gasteiger partial charge < -0.3 is 5.32 Å². The van der Waals surface area contributed by atoms with E-state index in [1.54, 1.807) is 24.3 Å². The van der Waals surface area contributed by atoms with Crippen molar-refractivity contribution in [3.63, 3.8) is 0 Å². The van der Waals surface area contributed by atoms with Gasteiger partial charge in [0.15, 0.2) is 0 Å². The summed E-state index contributed by atoms with van der Waals surface area (Å²) in [6, 6.07) is 15.3. The molecule has 0 bridgehead atoms. The maximum Gasteiger partial charge on any atom is 0.251 e. The number of carbonyl (C=O) groups excluding carboxylic acids is 1. The van der Waals surface area contributed by atoms with E-state index in [1.807, 2.05) is 11.8 Å². The maximum absolute atomic E-state index is 12.3. The zero-order chi connectivity index (χ0) is 20.7. The van der Waals surface area contributed by atoms with Crippen LogP contribution < -0.4 is 9.62 Å². The van der Waals surface area contributed by atoms with Crippen molar-refractivity contribution >= 4 is 33.4 Å². The van der Waals surface area contributed by atoms with Crippen molar-refractivity contribution in [3.8, 4) is 0 Å². The fraction of sp³-hybridized carbons (Fsp3) is 0.409. The van der Waals surface area contributed by atoms with Gasteiger partial charge >= 0.3 is 0 Å². The molecule has 0 aromatic heterocycles. The number of hydrogen-bond acceptors (Lipinski definition) is 4. The fourth-order valence-electron chi connectivity index (χ4n) is 3.33. The summed E-state index contributed by atoms with van der Waals surface area (Å²) in [6.45, 7) is 3.23. The molecule has 0 aliphatic carbocycles. The Morgan fingerprint density at radius 2 is 1.93 bits per heavy atom. The molecular weight excluding hydrogens is 404 g/mol. The first-order valence-corrected chi connectivity index (χ1v) is 12.7. The van der Waals surface area contributed by atoms with Gasteiger partial charge in [-0.3, -0.25) is 9.10 Å². The second kappa shape index (κ2) is 10.2. The highest BCUT2D eigenvalue weighted by atomic mass is 32.2. The lowest BCUT2D eigenvalue weighted by molar-refractivity contribution is 0.0954. The molecule has 0 spiro atoms. The van der Waals surface area contributed by atoms with E-state index in [2.05, 4.69) is 36.5 Å². The number of nitrogens with one attached hydrogen (secondary N) is 1. The highest BCUT2D eigenvalue weighted by Crippen LogP contribution is 2.23. The van der Waals surface area contributed by atoms with Crippen LogP contribution in [0.25, 0.3) is 0 Å². The van der Waals surface area contributed by atoms with E-state index in [-0.39, 0.29) is 11.7 Å². The number of benzene rings is 2. The molecular formula is C22H28N2O3S2. The van der Waals surface area contributed by atoms with E-state index in [0.29, 0.717) is 30.8 Å². The van der Waals surface area contributed by atoms with E-state index in [4.69, 9.17) is 0 Å². The number of nitrogens with zero attached hydrogens (tertiary/aromatic N) is 1. The number of rotatable bonds is 8. The van der Waals surface area contributed by atoms with Crippen molar-refractivity contribution in [1.82, 2.24) is 5.32 Å². The van der Waals surface area contributed by atoms with Gasteiger partial charge in [0.05, 0.1) is 11.4 Å². The Labute approximate surface area is 177 Å². The molecule has 1 aliphatic heterocycles. The maximum atomic E-state index is 12.3. The van der Waals surface area contributed by atoms with Gasteiger partial charge in [0.2, 0.25) is 10.0 Å². The second-order valence-corrected chi connectivity index (χ2v) is 10.4. The molecule has 156 valence electrons. The Hall–Kier alpha value is -1.99. The van der Waals surface area contributed by atoms with E-state index in [1.165, 1.54) is 15.4 Å². The molecule has 0 radical (unpaired) electrons. The first-order chi connectivity index (χ1) is 14.0. The molecule has 1 N–H and O–H groups in total. The van der Waals surface area contributed by atoms with Crippen LogP contribution in [0.4, 0.5) is 5.69 Å². The Bertz CT molecular complexity index is 927. The average molecular weight is 433 g/mol. The molecule has 0 unspecified atom stereocenters. The second-order valence-electron chi connectivity index (χ2n) is 7.29. The molecule has 5 nitrogen and oxygen atoms in total. The quantitative estimate of drug-likeness (QED) is 0.641. The lowest BCUT2D eigenvalue weighted by Gasteiger charge is -2.28. The summed E-state index contributed by atoms with van der Waals surface area (Å²) in [5.74, 6) is 2.04. The number of carbonyl (C=O) groups is 1. The summed E-state index contributed by atoms with van der Waals surface area (Å²) in [7, 11) is -3.22. The van der Waals surface area contributed by atoms with Gasteiger partial charge in [-0.2, -0.15) is 11.8 Å². The van der Waals surface area contributed by atoms with Gasteiger partial charge in [-0.05, 0) is 61.8 Å². The zero-order valence-electron chi connectivity index (χ0n) is 16.8. The number of amides is 1. The van der Waals surface area contributed by atoms with E-state index in [0.717, 1.165) is 24.3 Å². The minimum atomic E-state index is -3.22. The van der Waals surface area contributed by atoms with Crippen LogP contribution >= 0.6 is 11.8 Å². The standard InChI is InChI=1S/C22H28N2O3S2/c1-18-6-4-7-19(16-18)17-28-14-5-12-23-22(25)20-8-10-21(11-9-20)24-13-2-3-15-29(24,26)27/h4,6-11,16H,2-3,5,12-15,17H2,1H3,(H,23,25). The van der Waals surface area contributed by atoms with Gasteiger partial charge in [0.1, 0.15) is 0 Å². The van der Waals surface area contributed by atoms with Gasteiger partial charge in [0, 0.05) is 24.4 Å². The van der Waals surface area contributed by atoms with Crippen LogP contribution in [-0.4, -0.2) is 38.9 Å². The van der Waals surface area contributed by atoms with Crippen LogP contribution in [0.5, 0.6) is 0 Å². The van der Waals surface area contributed by atoms with Crippen LogP contribution in [0, 0.1) is 6.92 Å². The Morgan fingerprint density at radius 3 is 2.66 bits per heavy atom. The van der Waals surface area contributed by atoms with Gasteiger partial charge in [-0.1, -0.05) is 29.8 Å². The van der Waals surface area contributed by atoms with Crippen LogP contribution in [0.3, 0.4) is 0 Å². The molecule has 1 saturated heterocycles. The Morgan fingerprint density at radius 1 is 1.14 bits per heavy atom. The third-order valence-electron chi connectivity index (χ3n) is 4.87. The fourth-order valence-corrected chi connectivity index (χ4v) is 5.88. The van der Waals surface area contributed by atoms with Crippen LogP contribution in [-0.2, 0) is 15.8 Å². The zero-order valence-corrected chi connectivity index (χ0v) is 18.4. The smallest absolute Gasteiger partial charge is 0.251 e. The summed E-state index contributed by atoms with van der Waals surface area (Å²) in [6.07, 6.45) is 2.48. The van der Waals surface area contributed by atoms with E-state index in [9.17, 15) is 13.2 Å². The van der Waals surface area contributed by atoms with Crippen molar-refractivity contribution in [1.29, 1.82) is 0 Å². The average Bonchev–Trinajstić information content (AvgIpc) is 2.70. The van der Waals surface area contributed by atoms with Gasteiger partial charge in [0.25, 0.3) is 5.91 Å². The monoisotopic (exact) mass is 432 g/mol. The minimum absolute atomic E-state index is 0.123. The van der Waals surface area contributed by atoms with Crippen LogP contribution in [0.2, 0.25) is 0 Å². The molecule has 0 saturated carbocycles. The summed E-state index contributed by atoms with van der Waals surface area (Å²) in [5.41, 5.74) is 3.79.